The molecule has 0 saturated carbocycles. The molecule has 5 nitrogen and oxygen atoms in total. The number of rotatable bonds is 2. The molecule has 0 unspecified atom stereocenters. The standard InChI is InChI=1S/C14H17NO4/c1-8(16)15-11-6-5-9(13(17)18-4)12-10(11)7-14(2,3)19-12/h5-6H,7H2,1-4H3,(H,15,16). The maximum atomic E-state index is 11.7. The molecule has 0 fully saturated rings. The highest BCUT2D eigenvalue weighted by Gasteiger charge is 2.35. The van der Waals surface area contributed by atoms with Gasteiger partial charge in [-0.15, -0.1) is 0 Å². The highest BCUT2D eigenvalue weighted by Crippen LogP contribution is 2.42. The number of esters is 1. The Morgan fingerprint density at radius 2 is 2.05 bits per heavy atom. The number of nitrogens with one attached hydrogen (secondary N) is 1. The number of anilines is 1. The van der Waals surface area contributed by atoms with Crippen LogP contribution >= 0.6 is 0 Å². The third-order valence-corrected chi connectivity index (χ3v) is 2.96. The van der Waals surface area contributed by atoms with E-state index in [-0.39, 0.29) is 5.91 Å². The van der Waals surface area contributed by atoms with Crippen molar-refractivity contribution < 1.29 is 19.1 Å². The van der Waals surface area contributed by atoms with Crippen LogP contribution < -0.4 is 10.1 Å². The van der Waals surface area contributed by atoms with E-state index in [1.54, 1.807) is 12.1 Å². The van der Waals surface area contributed by atoms with Gasteiger partial charge in [0.1, 0.15) is 16.9 Å². The third kappa shape index (κ3) is 2.54. The minimum absolute atomic E-state index is 0.155. The molecule has 1 amide bonds. The van der Waals surface area contributed by atoms with Gasteiger partial charge < -0.3 is 14.8 Å². The summed E-state index contributed by atoms with van der Waals surface area (Å²) in [6.45, 7) is 5.32. The molecule has 102 valence electrons. The summed E-state index contributed by atoms with van der Waals surface area (Å²) in [5.74, 6) is -0.0934. The molecule has 0 aromatic heterocycles. The number of fused-ring (bicyclic) bond motifs is 1. The maximum Gasteiger partial charge on any atom is 0.341 e. The Hall–Kier alpha value is -2.04. The fraction of sp³-hybridized carbons (Fsp3) is 0.429. The fourth-order valence-electron chi connectivity index (χ4n) is 2.24. The van der Waals surface area contributed by atoms with Crippen LogP contribution in [0.15, 0.2) is 12.1 Å². The zero-order chi connectivity index (χ0) is 14.2. The van der Waals surface area contributed by atoms with Crippen molar-refractivity contribution in [3.8, 4) is 5.75 Å². The molecule has 0 saturated heterocycles. The molecule has 0 radical (unpaired) electrons. The van der Waals surface area contributed by atoms with Crippen molar-refractivity contribution in [3.63, 3.8) is 0 Å². The van der Waals surface area contributed by atoms with E-state index in [9.17, 15) is 9.59 Å². The van der Waals surface area contributed by atoms with Gasteiger partial charge in [0.2, 0.25) is 5.91 Å². The summed E-state index contributed by atoms with van der Waals surface area (Å²) in [5, 5.41) is 2.76. The Balaban J connectivity index is 2.52. The first-order valence-electron chi connectivity index (χ1n) is 6.05. The number of amides is 1. The Labute approximate surface area is 111 Å². The molecule has 1 heterocycles. The van der Waals surface area contributed by atoms with E-state index < -0.39 is 11.6 Å². The molecule has 1 aliphatic heterocycles. The SMILES string of the molecule is COC(=O)c1ccc(NC(C)=O)c2c1OC(C)(C)C2. The largest absolute Gasteiger partial charge is 0.486 e. The normalized spacial score (nSPS) is 15.4. The van der Waals surface area contributed by atoms with Crippen LogP contribution in [0.1, 0.15) is 36.7 Å². The van der Waals surface area contributed by atoms with Crippen molar-refractivity contribution in [1.82, 2.24) is 0 Å². The van der Waals surface area contributed by atoms with Gasteiger partial charge in [-0.3, -0.25) is 4.79 Å². The van der Waals surface area contributed by atoms with E-state index in [1.165, 1.54) is 14.0 Å². The molecule has 1 aromatic carbocycles. The Morgan fingerprint density at radius 1 is 1.37 bits per heavy atom. The molecule has 0 aliphatic carbocycles. The number of ether oxygens (including phenoxy) is 2. The van der Waals surface area contributed by atoms with E-state index in [2.05, 4.69) is 5.32 Å². The van der Waals surface area contributed by atoms with E-state index >= 15 is 0 Å². The summed E-state index contributed by atoms with van der Waals surface area (Å²) in [6, 6.07) is 3.31. The van der Waals surface area contributed by atoms with Gasteiger partial charge in [-0.1, -0.05) is 0 Å². The number of benzene rings is 1. The van der Waals surface area contributed by atoms with Crippen LogP contribution in [0.25, 0.3) is 0 Å². The molecule has 19 heavy (non-hydrogen) atoms. The van der Waals surface area contributed by atoms with Crippen molar-refractivity contribution in [2.24, 2.45) is 0 Å². The predicted octanol–water partition coefficient (Wildman–Crippen LogP) is 2.15. The Kier molecular flexibility index (Phi) is 3.22. The van der Waals surface area contributed by atoms with E-state index in [1.807, 2.05) is 13.8 Å². The van der Waals surface area contributed by atoms with Crippen molar-refractivity contribution in [2.45, 2.75) is 32.8 Å². The van der Waals surface area contributed by atoms with Gasteiger partial charge in [0, 0.05) is 24.6 Å². The number of carbonyl (C=O) groups is 2. The highest BCUT2D eigenvalue weighted by molar-refractivity contribution is 5.96. The second-order valence-corrected chi connectivity index (χ2v) is 5.18. The third-order valence-electron chi connectivity index (χ3n) is 2.96. The van der Waals surface area contributed by atoms with Crippen LogP contribution in [0.3, 0.4) is 0 Å². The van der Waals surface area contributed by atoms with Crippen molar-refractivity contribution >= 4 is 17.6 Å². The van der Waals surface area contributed by atoms with Gasteiger partial charge in [0.05, 0.1) is 7.11 Å². The van der Waals surface area contributed by atoms with Gasteiger partial charge in [-0.25, -0.2) is 4.79 Å². The van der Waals surface area contributed by atoms with Gasteiger partial charge in [0.25, 0.3) is 0 Å². The highest BCUT2D eigenvalue weighted by atomic mass is 16.5. The number of hydrogen-bond donors (Lipinski definition) is 1. The van der Waals surface area contributed by atoms with Gasteiger partial charge in [0.15, 0.2) is 0 Å². The molecular weight excluding hydrogens is 246 g/mol. The quantitative estimate of drug-likeness (QED) is 0.830. The van der Waals surface area contributed by atoms with E-state index in [0.29, 0.717) is 23.4 Å². The zero-order valence-electron chi connectivity index (χ0n) is 11.5. The molecule has 1 aliphatic rings. The topological polar surface area (TPSA) is 64.6 Å². The lowest BCUT2D eigenvalue weighted by Crippen LogP contribution is -2.25. The first kappa shape index (κ1) is 13.4. The smallest absolute Gasteiger partial charge is 0.341 e. The van der Waals surface area contributed by atoms with Crippen LogP contribution in [0.4, 0.5) is 5.69 Å². The van der Waals surface area contributed by atoms with Crippen LogP contribution in [0.2, 0.25) is 0 Å². The Bertz CT molecular complexity index is 549. The minimum atomic E-state index is -0.441. The molecule has 1 aromatic rings. The van der Waals surface area contributed by atoms with Crippen LogP contribution in [-0.2, 0) is 16.0 Å². The summed E-state index contributed by atoms with van der Waals surface area (Å²) < 4.78 is 10.6. The lowest BCUT2D eigenvalue weighted by atomic mass is 9.98. The van der Waals surface area contributed by atoms with Crippen molar-refractivity contribution in [3.05, 3.63) is 23.3 Å². The number of methoxy groups -OCH3 is 1. The van der Waals surface area contributed by atoms with Gasteiger partial charge in [-0.05, 0) is 26.0 Å². The number of carbonyl (C=O) groups excluding carboxylic acids is 2. The summed E-state index contributed by atoms with van der Waals surface area (Å²) in [5.41, 5.74) is 1.50. The molecular formula is C14H17NO4. The van der Waals surface area contributed by atoms with Crippen molar-refractivity contribution in [2.75, 3.05) is 12.4 Å². The summed E-state index contributed by atoms with van der Waals surface area (Å²) in [6.07, 6.45) is 0.628. The Morgan fingerprint density at radius 3 is 2.63 bits per heavy atom. The predicted molar refractivity (Wildman–Crippen MR) is 70.5 cm³/mol. The minimum Gasteiger partial charge on any atom is -0.486 e. The first-order valence-corrected chi connectivity index (χ1v) is 6.05. The van der Waals surface area contributed by atoms with E-state index in [0.717, 1.165) is 5.56 Å². The van der Waals surface area contributed by atoms with E-state index in [4.69, 9.17) is 9.47 Å². The van der Waals surface area contributed by atoms with Gasteiger partial charge in [-0.2, -0.15) is 0 Å². The molecule has 5 heteroatoms. The summed E-state index contributed by atoms with van der Waals surface area (Å²) in [4.78, 5) is 22.9. The van der Waals surface area contributed by atoms with Gasteiger partial charge >= 0.3 is 5.97 Å². The molecule has 0 spiro atoms. The zero-order valence-corrected chi connectivity index (χ0v) is 11.5. The second kappa shape index (κ2) is 4.57. The molecule has 1 N–H and O–H groups in total. The molecule has 0 atom stereocenters. The fourth-order valence-corrected chi connectivity index (χ4v) is 2.24. The van der Waals surface area contributed by atoms with Crippen LogP contribution in [0, 0.1) is 0 Å². The lowest BCUT2D eigenvalue weighted by Gasteiger charge is -2.17. The lowest BCUT2D eigenvalue weighted by molar-refractivity contribution is -0.114. The molecule has 2 rings (SSSR count). The summed E-state index contributed by atoms with van der Waals surface area (Å²) >= 11 is 0. The second-order valence-electron chi connectivity index (χ2n) is 5.18. The van der Waals surface area contributed by atoms with Crippen LogP contribution in [-0.4, -0.2) is 24.6 Å². The first-order chi connectivity index (χ1) is 8.84. The molecule has 0 bridgehead atoms. The summed E-state index contributed by atoms with van der Waals surface area (Å²) in [7, 11) is 1.33. The number of hydrogen-bond acceptors (Lipinski definition) is 4. The van der Waals surface area contributed by atoms with Crippen LogP contribution in [0.5, 0.6) is 5.75 Å². The maximum absolute atomic E-state index is 11.7. The van der Waals surface area contributed by atoms with Crippen molar-refractivity contribution in [1.29, 1.82) is 0 Å². The average molecular weight is 263 g/mol. The monoisotopic (exact) mass is 263 g/mol. The average Bonchev–Trinajstić information content (AvgIpc) is 2.63.